The van der Waals surface area contributed by atoms with E-state index in [-0.39, 0.29) is 30.2 Å². The van der Waals surface area contributed by atoms with Crippen LogP contribution in [0.2, 0.25) is 0 Å². The van der Waals surface area contributed by atoms with E-state index < -0.39 is 5.82 Å². The Morgan fingerprint density at radius 2 is 2.10 bits per heavy atom. The molecule has 156 valence electrons. The Bertz CT molecular complexity index is 849. The minimum atomic E-state index is -0.441. The molecule has 0 bridgehead atoms. The lowest BCUT2D eigenvalue weighted by atomic mass is 10.0. The van der Waals surface area contributed by atoms with E-state index in [0.717, 1.165) is 38.9 Å². The van der Waals surface area contributed by atoms with E-state index in [0.29, 0.717) is 11.7 Å². The molecule has 2 aliphatic heterocycles. The smallest absolute Gasteiger partial charge is 0.255 e. The summed E-state index contributed by atoms with van der Waals surface area (Å²) in [5.41, 5.74) is 0.852. The van der Waals surface area contributed by atoms with Crippen molar-refractivity contribution in [2.45, 2.75) is 37.4 Å². The largest absolute Gasteiger partial charge is 0.395 e. The molecule has 0 radical (unpaired) electrons. The van der Waals surface area contributed by atoms with Crippen molar-refractivity contribution in [1.29, 1.82) is 0 Å². The summed E-state index contributed by atoms with van der Waals surface area (Å²) >= 11 is 0. The molecule has 2 N–H and O–H groups in total. The van der Waals surface area contributed by atoms with Crippen molar-refractivity contribution in [3.8, 4) is 0 Å². The van der Waals surface area contributed by atoms with Gasteiger partial charge in [0.2, 0.25) is 0 Å². The van der Waals surface area contributed by atoms with Crippen molar-refractivity contribution in [1.82, 2.24) is 19.6 Å². The summed E-state index contributed by atoms with van der Waals surface area (Å²) in [6, 6.07) is 6.40. The Kier molecular flexibility index (Phi) is 5.94. The topological polar surface area (TPSA) is 73.6 Å². The number of amides is 1. The Morgan fingerprint density at radius 1 is 1.31 bits per heavy atom. The van der Waals surface area contributed by atoms with Crippen LogP contribution in [-0.4, -0.2) is 76.0 Å². The van der Waals surface area contributed by atoms with Crippen LogP contribution in [0.25, 0.3) is 0 Å². The summed E-state index contributed by atoms with van der Waals surface area (Å²) in [5, 5.41) is 17.1. The number of rotatable bonds is 5. The first kappa shape index (κ1) is 20.0. The Labute approximate surface area is 170 Å². The van der Waals surface area contributed by atoms with Gasteiger partial charge in [0, 0.05) is 30.4 Å². The maximum atomic E-state index is 13.3. The molecule has 1 aromatic carbocycles. The average Bonchev–Trinajstić information content (AvgIpc) is 3.35. The SMILES string of the molecule is CN1CCC(N2C[C@@H](n3cc(NC(=O)c4cccc(F)c4)cn3)C[C@H]2CO)CC1. The first-order chi connectivity index (χ1) is 14.0. The van der Waals surface area contributed by atoms with Crippen molar-refractivity contribution >= 4 is 11.6 Å². The highest BCUT2D eigenvalue weighted by Crippen LogP contribution is 2.32. The lowest BCUT2D eigenvalue weighted by Crippen LogP contribution is -2.46. The van der Waals surface area contributed by atoms with E-state index in [2.05, 4.69) is 27.3 Å². The van der Waals surface area contributed by atoms with Crippen LogP contribution in [0.1, 0.15) is 35.7 Å². The third-order valence-electron chi connectivity index (χ3n) is 6.12. The molecule has 0 aliphatic carbocycles. The van der Waals surface area contributed by atoms with Gasteiger partial charge in [-0.05, 0) is 57.6 Å². The minimum absolute atomic E-state index is 0.142. The first-order valence-electron chi connectivity index (χ1n) is 10.2. The van der Waals surface area contributed by atoms with E-state index in [1.807, 2.05) is 10.9 Å². The highest BCUT2D eigenvalue weighted by molar-refractivity contribution is 6.04. The van der Waals surface area contributed by atoms with Crippen molar-refractivity contribution in [2.24, 2.45) is 0 Å². The molecular weight excluding hydrogens is 373 g/mol. The number of aromatic nitrogens is 2. The van der Waals surface area contributed by atoms with Crippen molar-refractivity contribution < 1.29 is 14.3 Å². The molecule has 4 rings (SSSR count). The number of aliphatic hydroxyl groups is 1. The number of hydrogen-bond donors (Lipinski definition) is 2. The summed E-state index contributed by atoms with van der Waals surface area (Å²) in [5.74, 6) is -0.806. The van der Waals surface area contributed by atoms with Gasteiger partial charge in [-0.25, -0.2) is 4.39 Å². The Hall–Kier alpha value is -2.29. The van der Waals surface area contributed by atoms with E-state index in [4.69, 9.17) is 0 Å². The van der Waals surface area contributed by atoms with Crippen molar-refractivity contribution in [3.05, 3.63) is 48.0 Å². The number of anilines is 1. The molecule has 1 amide bonds. The molecule has 2 fully saturated rings. The quantitative estimate of drug-likeness (QED) is 0.802. The van der Waals surface area contributed by atoms with E-state index in [1.54, 1.807) is 12.3 Å². The van der Waals surface area contributed by atoms with Crippen LogP contribution in [0.5, 0.6) is 0 Å². The van der Waals surface area contributed by atoms with Crippen molar-refractivity contribution in [3.63, 3.8) is 0 Å². The van der Waals surface area contributed by atoms with Crippen LogP contribution in [0.3, 0.4) is 0 Å². The summed E-state index contributed by atoms with van der Waals surface area (Å²) in [7, 11) is 2.15. The Morgan fingerprint density at radius 3 is 2.83 bits per heavy atom. The third kappa shape index (κ3) is 4.49. The summed E-state index contributed by atoms with van der Waals surface area (Å²) in [4.78, 5) is 17.1. The van der Waals surface area contributed by atoms with Crippen LogP contribution >= 0.6 is 0 Å². The number of nitrogens with zero attached hydrogens (tertiary/aromatic N) is 4. The molecule has 0 unspecified atom stereocenters. The summed E-state index contributed by atoms with van der Waals surface area (Å²) < 4.78 is 15.2. The van der Waals surface area contributed by atoms with Gasteiger partial charge >= 0.3 is 0 Å². The minimum Gasteiger partial charge on any atom is -0.395 e. The van der Waals surface area contributed by atoms with Crippen LogP contribution in [0.4, 0.5) is 10.1 Å². The molecule has 29 heavy (non-hydrogen) atoms. The normalized spacial score (nSPS) is 24.1. The fourth-order valence-corrected chi connectivity index (χ4v) is 4.50. The predicted molar refractivity (Wildman–Crippen MR) is 108 cm³/mol. The average molecular weight is 401 g/mol. The third-order valence-corrected chi connectivity index (χ3v) is 6.12. The molecule has 3 heterocycles. The van der Waals surface area contributed by atoms with Gasteiger partial charge in [0.15, 0.2) is 0 Å². The summed E-state index contributed by atoms with van der Waals surface area (Å²) in [6.45, 7) is 3.16. The second-order valence-corrected chi connectivity index (χ2v) is 8.13. The van der Waals surface area contributed by atoms with Gasteiger partial charge in [0.25, 0.3) is 5.91 Å². The monoisotopic (exact) mass is 401 g/mol. The van der Waals surface area contributed by atoms with Gasteiger partial charge in [-0.1, -0.05) is 6.07 Å². The molecular formula is C21H28FN5O2. The number of piperidine rings is 1. The lowest BCUT2D eigenvalue weighted by molar-refractivity contribution is 0.0790. The van der Waals surface area contributed by atoms with Gasteiger partial charge in [-0.3, -0.25) is 14.4 Å². The highest BCUT2D eigenvalue weighted by atomic mass is 19.1. The molecule has 2 aliphatic rings. The van der Waals surface area contributed by atoms with Gasteiger partial charge in [-0.15, -0.1) is 0 Å². The molecule has 7 nitrogen and oxygen atoms in total. The number of aliphatic hydroxyl groups excluding tert-OH is 1. The summed E-state index contributed by atoms with van der Waals surface area (Å²) in [6.07, 6.45) is 6.50. The lowest BCUT2D eigenvalue weighted by Gasteiger charge is -2.37. The second-order valence-electron chi connectivity index (χ2n) is 8.13. The number of benzene rings is 1. The fourth-order valence-electron chi connectivity index (χ4n) is 4.50. The van der Waals surface area contributed by atoms with Crippen LogP contribution in [-0.2, 0) is 0 Å². The second kappa shape index (κ2) is 8.61. The van der Waals surface area contributed by atoms with Gasteiger partial charge in [-0.2, -0.15) is 5.10 Å². The predicted octanol–water partition coefficient (Wildman–Crippen LogP) is 1.98. The first-order valence-corrected chi connectivity index (χ1v) is 10.2. The molecule has 2 aromatic rings. The number of likely N-dealkylation sites (tertiary alicyclic amines) is 2. The number of carbonyl (C=O) groups excluding carboxylic acids is 1. The van der Waals surface area contributed by atoms with E-state index in [1.165, 1.54) is 18.2 Å². The molecule has 8 heteroatoms. The zero-order chi connectivity index (χ0) is 20.4. The standard InChI is InChI=1S/C21H28FN5O2/c1-25-7-5-18(6-8-25)26-13-19(10-20(26)14-28)27-12-17(11-23-27)24-21(29)15-3-2-4-16(22)9-15/h2-4,9,11-12,18-20,28H,5-8,10,13-14H2,1H3,(H,24,29)/t19-,20-/m0/s1. The number of hydrogen-bond acceptors (Lipinski definition) is 5. The molecule has 0 saturated carbocycles. The number of nitrogens with one attached hydrogen (secondary N) is 1. The fraction of sp³-hybridized carbons (Fsp3) is 0.524. The number of carbonyl (C=O) groups is 1. The van der Waals surface area contributed by atoms with Crippen LogP contribution in [0.15, 0.2) is 36.7 Å². The zero-order valence-electron chi connectivity index (χ0n) is 16.7. The zero-order valence-corrected chi connectivity index (χ0v) is 16.7. The van der Waals surface area contributed by atoms with Crippen molar-refractivity contribution in [2.75, 3.05) is 38.6 Å². The molecule has 0 spiro atoms. The maximum absolute atomic E-state index is 13.3. The van der Waals surface area contributed by atoms with E-state index in [9.17, 15) is 14.3 Å². The van der Waals surface area contributed by atoms with Gasteiger partial charge in [0.1, 0.15) is 5.82 Å². The molecule has 2 saturated heterocycles. The van der Waals surface area contributed by atoms with Gasteiger partial charge < -0.3 is 15.3 Å². The number of halogens is 1. The molecule has 2 atom stereocenters. The molecule has 1 aromatic heterocycles. The van der Waals surface area contributed by atoms with Gasteiger partial charge in [0.05, 0.1) is 24.5 Å². The highest BCUT2D eigenvalue weighted by Gasteiger charge is 2.38. The van der Waals surface area contributed by atoms with Crippen LogP contribution in [0, 0.1) is 5.82 Å². The maximum Gasteiger partial charge on any atom is 0.255 e. The Balaban J connectivity index is 1.40. The van der Waals surface area contributed by atoms with Crippen LogP contribution < -0.4 is 5.32 Å². The van der Waals surface area contributed by atoms with E-state index >= 15 is 0 Å².